The topological polar surface area (TPSA) is 90.5 Å². The Balaban J connectivity index is 1.11. The predicted octanol–water partition coefficient (Wildman–Crippen LogP) is 5.20. The zero-order valence-electron chi connectivity index (χ0n) is 22.7. The molecule has 4 heterocycles. The molecular weight excluding hydrogens is 500 g/mol. The number of aromatic amines is 1. The maximum atomic E-state index is 13.4. The molecule has 3 saturated heterocycles. The van der Waals surface area contributed by atoms with E-state index in [2.05, 4.69) is 68.9 Å². The molecule has 2 unspecified atom stereocenters. The minimum absolute atomic E-state index is 0.0750. The lowest BCUT2D eigenvalue weighted by atomic mass is 9.74. The Hall–Kier alpha value is -3.68. The van der Waals surface area contributed by atoms with Gasteiger partial charge in [-0.15, -0.1) is 0 Å². The molecule has 40 heavy (non-hydrogen) atoms. The van der Waals surface area contributed by atoms with Crippen LogP contribution < -0.4 is 10.2 Å². The summed E-state index contributed by atoms with van der Waals surface area (Å²) in [4.78, 5) is 15.9. The first-order valence-electron chi connectivity index (χ1n) is 14.6. The van der Waals surface area contributed by atoms with Crippen molar-refractivity contribution in [1.29, 1.82) is 0 Å². The number of anilines is 1. The number of amides is 1. The van der Waals surface area contributed by atoms with Crippen LogP contribution in [0.4, 0.5) is 5.69 Å². The van der Waals surface area contributed by atoms with Gasteiger partial charge in [-0.25, -0.2) is 0 Å². The van der Waals surface area contributed by atoms with Gasteiger partial charge in [0.15, 0.2) is 0 Å². The minimum atomic E-state index is -0.171. The highest BCUT2D eigenvalue weighted by Gasteiger charge is 2.40. The summed E-state index contributed by atoms with van der Waals surface area (Å²) in [5, 5.41) is 22.1. The van der Waals surface area contributed by atoms with Gasteiger partial charge in [0.2, 0.25) is 0 Å². The molecule has 3 N–H and O–H groups in total. The number of aromatic nitrogens is 2. The van der Waals surface area contributed by atoms with Gasteiger partial charge in [0.25, 0.3) is 5.91 Å². The molecule has 1 amide bonds. The van der Waals surface area contributed by atoms with Gasteiger partial charge in [-0.05, 0) is 74.4 Å². The number of nitrogens with zero attached hydrogens (tertiary/aromatic N) is 2. The zero-order chi connectivity index (χ0) is 27.1. The molecule has 0 radical (unpaired) electrons. The van der Waals surface area contributed by atoms with Crippen LogP contribution in [0, 0.1) is 0 Å². The molecule has 3 aliphatic rings. The number of benzene rings is 3. The third-order valence-corrected chi connectivity index (χ3v) is 9.40. The Labute approximate surface area is 234 Å². The number of rotatable bonds is 6. The standard InChI is InChI=1S/C33H36N4O3/c38-28-19-26-11-12-27(20-28)37(26)25-9-6-22(7-10-25)31-29-18-23(8-13-30(29)35-36-31)32(39)34-21-33(14-16-40-17-15-33)24-4-2-1-3-5-24/h1-10,13,18,26-28,38H,11-12,14-17,19-21H2,(H,34,39)(H,35,36). The van der Waals surface area contributed by atoms with E-state index in [1.165, 1.54) is 11.3 Å². The largest absolute Gasteiger partial charge is 0.393 e. The second-order valence-corrected chi connectivity index (χ2v) is 11.7. The van der Waals surface area contributed by atoms with Crippen molar-refractivity contribution in [1.82, 2.24) is 15.5 Å². The van der Waals surface area contributed by atoms with Crippen LogP contribution in [0.1, 0.15) is 54.4 Å². The molecule has 2 bridgehead atoms. The smallest absolute Gasteiger partial charge is 0.251 e. The number of hydrogen-bond donors (Lipinski definition) is 3. The predicted molar refractivity (Wildman–Crippen MR) is 157 cm³/mol. The first-order valence-corrected chi connectivity index (χ1v) is 14.6. The number of ether oxygens (including phenoxy) is 1. The van der Waals surface area contributed by atoms with Gasteiger partial charge >= 0.3 is 0 Å². The van der Waals surface area contributed by atoms with E-state index in [1.54, 1.807) is 0 Å². The van der Waals surface area contributed by atoms with E-state index in [4.69, 9.17) is 4.74 Å². The van der Waals surface area contributed by atoms with Crippen LogP contribution in [0.3, 0.4) is 0 Å². The summed E-state index contributed by atoms with van der Waals surface area (Å²) < 4.78 is 5.66. The summed E-state index contributed by atoms with van der Waals surface area (Å²) in [6.07, 6.45) is 5.61. The molecule has 1 aromatic heterocycles. The third-order valence-electron chi connectivity index (χ3n) is 9.40. The maximum absolute atomic E-state index is 13.4. The number of H-pyrrole nitrogens is 1. The molecule has 3 fully saturated rings. The van der Waals surface area contributed by atoms with Gasteiger partial charge in [0.05, 0.1) is 17.3 Å². The average molecular weight is 537 g/mol. The summed E-state index contributed by atoms with van der Waals surface area (Å²) >= 11 is 0. The molecule has 0 aliphatic carbocycles. The van der Waals surface area contributed by atoms with Gasteiger partial charge in [-0.2, -0.15) is 5.10 Å². The van der Waals surface area contributed by atoms with Gasteiger partial charge < -0.3 is 20.1 Å². The molecule has 0 saturated carbocycles. The van der Waals surface area contributed by atoms with Crippen molar-refractivity contribution in [2.75, 3.05) is 24.7 Å². The highest BCUT2D eigenvalue weighted by atomic mass is 16.5. The van der Waals surface area contributed by atoms with Crippen LogP contribution in [-0.2, 0) is 10.2 Å². The number of piperidine rings is 1. The second-order valence-electron chi connectivity index (χ2n) is 11.7. The first-order chi connectivity index (χ1) is 19.6. The fourth-order valence-corrected chi connectivity index (χ4v) is 7.21. The van der Waals surface area contributed by atoms with Crippen LogP contribution in [-0.4, -0.2) is 59.2 Å². The van der Waals surface area contributed by atoms with E-state index in [-0.39, 0.29) is 17.4 Å². The van der Waals surface area contributed by atoms with E-state index in [9.17, 15) is 9.90 Å². The zero-order valence-corrected chi connectivity index (χ0v) is 22.7. The lowest BCUT2D eigenvalue weighted by molar-refractivity contribution is 0.0487. The van der Waals surface area contributed by atoms with E-state index < -0.39 is 0 Å². The van der Waals surface area contributed by atoms with Gasteiger partial charge in [-0.1, -0.05) is 42.5 Å². The summed E-state index contributed by atoms with van der Waals surface area (Å²) in [7, 11) is 0. The van der Waals surface area contributed by atoms with Crippen molar-refractivity contribution < 1.29 is 14.6 Å². The van der Waals surface area contributed by atoms with Crippen LogP contribution in [0.25, 0.3) is 22.2 Å². The van der Waals surface area contributed by atoms with Crippen LogP contribution >= 0.6 is 0 Å². The monoisotopic (exact) mass is 536 g/mol. The van der Waals surface area contributed by atoms with Crippen LogP contribution in [0.15, 0.2) is 72.8 Å². The number of carbonyl (C=O) groups excluding carboxylic acids is 1. The number of fused-ring (bicyclic) bond motifs is 3. The average Bonchev–Trinajstić information content (AvgIpc) is 3.55. The second kappa shape index (κ2) is 10.4. The lowest BCUT2D eigenvalue weighted by Crippen LogP contribution is -2.44. The fourth-order valence-electron chi connectivity index (χ4n) is 7.21. The summed E-state index contributed by atoms with van der Waals surface area (Å²) in [5.74, 6) is -0.0750. The molecule has 4 aromatic rings. The Morgan fingerprint density at radius 2 is 1.73 bits per heavy atom. The molecule has 3 aliphatic heterocycles. The SMILES string of the molecule is O=C(NCC1(c2ccccc2)CCOCC1)c1ccc2[nH]nc(-c3ccc(N4C5CCC4CC(O)C5)cc3)c2c1. The number of aliphatic hydroxyl groups is 1. The van der Waals surface area contributed by atoms with E-state index in [0.717, 1.165) is 60.7 Å². The van der Waals surface area contributed by atoms with Crippen LogP contribution in [0.5, 0.6) is 0 Å². The van der Waals surface area contributed by atoms with Crippen molar-refractivity contribution in [2.24, 2.45) is 0 Å². The van der Waals surface area contributed by atoms with Crippen molar-refractivity contribution >= 4 is 22.5 Å². The molecule has 7 nitrogen and oxygen atoms in total. The van der Waals surface area contributed by atoms with E-state index in [1.807, 2.05) is 24.3 Å². The molecule has 206 valence electrons. The van der Waals surface area contributed by atoms with Gasteiger partial charge in [-0.3, -0.25) is 9.89 Å². The Bertz CT molecular complexity index is 1480. The van der Waals surface area contributed by atoms with Crippen LogP contribution in [0.2, 0.25) is 0 Å². The summed E-state index contributed by atoms with van der Waals surface area (Å²) in [6, 6.07) is 25.7. The lowest BCUT2D eigenvalue weighted by Gasteiger charge is -2.39. The number of hydrogen-bond acceptors (Lipinski definition) is 5. The first kappa shape index (κ1) is 25.3. The number of aliphatic hydroxyl groups excluding tert-OH is 1. The van der Waals surface area contributed by atoms with Crippen molar-refractivity contribution in [3.8, 4) is 11.3 Å². The molecular formula is C33H36N4O3. The Morgan fingerprint density at radius 1 is 1.00 bits per heavy atom. The van der Waals surface area contributed by atoms with E-state index in [0.29, 0.717) is 37.4 Å². The van der Waals surface area contributed by atoms with Crippen molar-refractivity contribution in [3.05, 3.63) is 83.9 Å². The highest BCUT2D eigenvalue weighted by Crippen LogP contribution is 2.40. The minimum Gasteiger partial charge on any atom is -0.393 e. The summed E-state index contributed by atoms with van der Waals surface area (Å²) in [6.45, 7) is 1.98. The molecule has 0 spiro atoms. The quantitative estimate of drug-likeness (QED) is 0.315. The molecule has 7 rings (SSSR count). The van der Waals surface area contributed by atoms with Crippen molar-refractivity contribution in [3.63, 3.8) is 0 Å². The molecule has 2 atom stereocenters. The number of carbonyl (C=O) groups is 1. The Morgan fingerprint density at radius 3 is 2.45 bits per heavy atom. The maximum Gasteiger partial charge on any atom is 0.251 e. The molecule has 7 heteroatoms. The van der Waals surface area contributed by atoms with Gasteiger partial charge in [0, 0.05) is 59.5 Å². The normalized spacial score (nSPS) is 23.8. The Kier molecular flexibility index (Phi) is 6.56. The fraction of sp³-hybridized carbons (Fsp3) is 0.394. The third kappa shape index (κ3) is 4.57. The van der Waals surface area contributed by atoms with Crippen molar-refractivity contribution in [2.45, 2.75) is 62.1 Å². The summed E-state index contributed by atoms with van der Waals surface area (Å²) in [5.41, 5.74) is 5.75. The molecule has 3 aromatic carbocycles. The number of nitrogens with one attached hydrogen (secondary N) is 2. The van der Waals surface area contributed by atoms with Gasteiger partial charge in [0.1, 0.15) is 0 Å². The highest BCUT2D eigenvalue weighted by molar-refractivity contribution is 6.01. The van der Waals surface area contributed by atoms with E-state index >= 15 is 0 Å².